The maximum absolute atomic E-state index is 10.9. The maximum Gasteiger partial charge on any atom is 0.231 e. The van der Waals surface area contributed by atoms with E-state index in [1.807, 2.05) is 31.2 Å². The Bertz CT molecular complexity index is 844. The van der Waals surface area contributed by atoms with Crippen molar-refractivity contribution in [2.75, 3.05) is 21.0 Å². The molecule has 0 fully saturated rings. The monoisotopic (exact) mass is 358 g/mol. The molecule has 2 aromatic carbocycles. The fraction of sp³-hybridized carbons (Fsp3) is 0.400. The quantitative estimate of drug-likeness (QED) is 0.908. The Labute approximate surface area is 152 Å². The van der Waals surface area contributed by atoms with Crippen molar-refractivity contribution < 1.29 is 28.8 Å². The lowest BCUT2D eigenvalue weighted by atomic mass is 9.75. The van der Waals surface area contributed by atoms with Gasteiger partial charge in [-0.05, 0) is 12.1 Å². The number of aliphatic hydroxyl groups is 1. The third kappa shape index (κ3) is 2.44. The van der Waals surface area contributed by atoms with Gasteiger partial charge in [-0.25, -0.2) is 0 Å². The number of rotatable bonds is 3. The molecule has 0 spiro atoms. The summed E-state index contributed by atoms with van der Waals surface area (Å²) in [6, 6.07) is 9.45. The van der Waals surface area contributed by atoms with E-state index < -0.39 is 5.79 Å². The number of para-hydroxylation sites is 1. The molecule has 138 valence electrons. The first kappa shape index (κ1) is 16.8. The van der Waals surface area contributed by atoms with Crippen molar-refractivity contribution >= 4 is 0 Å². The van der Waals surface area contributed by atoms with Crippen molar-refractivity contribution in [3.63, 3.8) is 0 Å². The van der Waals surface area contributed by atoms with Crippen LogP contribution < -0.4 is 23.7 Å². The van der Waals surface area contributed by atoms with Gasteiger partial charge in [-0.3, -0.25) is 0 Å². The van der Waals surface area contributed by atoms with Gasteiger partial charge in [-0.1, -0.05) is 19.1 Å². The van der Waals surface area contributed by atoms with E-state index in [9.17, 15) is 5.11 Å². The lowest BCUT2D eigenvalue weighted by Gasteiger charge is -2.42. The fourth-order valence-corrected chi connectivity index (χ4v) is 3.76. The number of hydrogen-bond acceptors (Lipinski definition) is 6. The summed E-state index contributed by atoms with van der Waals surface area (Å²) < 4.78 is 28.0. The van der Waals surface area contributed by atoms with Gasteiger partial charge in [0.05, 0.1) is 14.2 Å². The molecule has 2 aromatic rings. The molecule has 2 aliphatic heterocycles. The predicted octanol–water partition coefficient (Wildman–Crippen LogP) is 3.30. The molecule has 4 rings (SSSR count). The lowest BCUT2D eigenvalue weighted by Crippen LogP contribution is -2.45. The summed E-state index contributed by atoms with van der Waals surface area (Å²) in [6.07, 6.45) is 0. The van der Waals surface area contributed by atoms with Gasteiger partial charge >= 0.3 is 0 Å². The minimum atomic E-state index is -1.35. The zero-order valence-corrected chi connectivity index (χ0v) is 15.2. The summed E-state index contributed by atoms with van der Waals surface area (Å²) in [5.41, 5.74) is 1.84. The summed E-state index contributed by atoms with van der Waals surface area (Å²) in [6.45, 7) is 3.80. The largest absolute Gasteiger partial charge is 0.493 e. The summed E-state index contributed by atoms with van der Waals surface area (Å²) in [4.78, 5) is 0. The van der Waals surface area contributed by atoms with Crippen LogP contribution in [0.15, 0.2) is 30.3 Å². The van der Waals surface area contributed by atoms with E-state index in [4.69, 9.17) is 23.7 Å². The second-order valence-electron chi connectivity index (χ2n) is 6.75. The zero-order valence-electron chi connectivity index (χ0n) is 15.2. The third-order valence-electron chi connectivity index (χ3n) is 5.27. The van der Waals surface area contributed by atoms with Crippen molar-refractivity contribution in [2.24, 2.45) is 5.92 Å². The van der Waals surface area contributed by atoms with Crippen molar-refractivity contribution in [1.29, 1.82) is 0 Å². The van der Waals surface area contributed by atoms with Crippen molar-refractivity contribution in [3.05, 3.63) is 41.5 Å². The van der Waals surface area contributed by atoms with E-state index in [0.29, 0.717) is 28.7 Å². The molecule has 0 bridgehead atoms. The van der Waals surface area contributed by atoms with E-state index in [2.05, 4.69) is 0 Å². The topological polar surface area (TPSA) is 66.4 Å². The maximum atomic E-state index is 10.9. The van der Waals surface area contributed by atoms with E-state index in [1.54, 1.807) is 27.2 Å². The lowest BCUT2D eigenvalue weighted by molar-refractivity contribution is -0.171. The van der Waals surface area contributed by atoms with Crippen LogP contribution in [0.2, 0.25) is 0 Å². The predicted molar refractivity (Wildman–Crippen MR) is 94.4 cm³/mol. The molecule has 0 unspecified atom stereocenters. The van der Waals surface area contributed by atoms with Gasteiger partial charge in [0, 0.05) is 36.0 Å². The molecule has 0 amide bonds. The summed E-state index contributed by atoms with van der Waals surface area (Å²) >= 11 is 0. The second kappa shape index (κ2) is 5.99. The molecular weight excluding hydrogens is 336 g/mol. The number of fused-ring (bicyclic) bond motifs is 2. The first-order valence-corrected chi connectivity index (χ1v) is 8.52. The van der Waals surface area contributed by atoms with Gasteiger partial charge in [-0.2, -0.15) is 0 Å². The minimum absolute atomic E-state index is 0.173. The van der Waals surface area contributed by atoms with Crippen LogP contribution in [-0.4, -0.2) is 31.9 Å². The Morgan fingerprint density at radius 2 is 1.77 bits per heavy atom. The van der Waals surface area contributed by atoms with E-state index in [0.717, 1.165) is 11.1 Å². The Morgan fingerprint density at radius 3 is 2.46 bits per heavy atom. The van der Waals surface area contributed by atoms with Crippen LogP contribution in [-0.2, 0) is 0 Å². The molecule has 3 atom stereocenters. The Kier molecular flexibility index (Phi) is 3.88. The summed E-state index contributed by atoms with van der Waals surface area (Å²) in [7, 11) is 3.22. The molecule has 0 radical (unpaired) electrons. The molecule has 6 heteroatoms. The normalized spacial score (nSPS) is 26.0. The van der Waals surface area contributed by atoms with Crippen LogP contribution in [0.3, 0.4) is 0 Å². The molecule has 1 N–H and O–H groups in total. The van der Waals surface area contributed by atoms with Crippen molar-refractivity contribution in [3.8, 4) is 28.7 Å². The number of benzene rings is 2. The standard InChI is InChI=1S/C20H22O6/c1-11-18(12-6-5-7-14(22-3)19(12)23-4)13-8-16-17(25-10-24-16)9-15(13)26-20(11,2)21/h5-9,11,18,21H,10H2,1-4H3/t11-,18-,20-/m1/s1. The van der Waals surface area contributed by atoms with Crippen LogP contribution in [0, 0.1) is 5.92 Å². The number of methoxy groups -OCH3 is 2. The van der Waals surface area contributed by atoms with Gasteiger partial charge < -0.3 is 28.8 Å². The smallest absolute Gasteiger partial charge is 0.231 e. The highest BCUT2D eigenvalue weighted by atomic mass is 16.7. The molecule has 0 aliphatic carbocycles. The Morgan fingerprint density at radius 1 is 1.04 bits per heavy atom. The average Bonchev–Trinajstić information content (AvgIpc) is 3.07. The summed E-state index contributed by atoms with van der Waals surface area (Å²) in [5, 5.41) is 10.9. The number of ether oxygens (including phenoxy) is 5. The van der Waals surface area contributed by atoms with Crippen LogP contribution in [0.25, 0.3) is 0 Å². The van der Waals surface area contributed by atoms with Crippen LogP contribution in [0.5, 0.6) is 28.7 Å². The first-order valence-electron chi connectivity index (χ1n) is 8.52. The minimum Gasteiger partial charge on any atom is -0.493 e. The van der Waals surface area contributed by atoms with Gasteiger partial charge in [0.1, 0.15) is 5.75 Å². The van der Waals surface area contributed by atoms with Gasteiger partial charge in [-0.15, -0.1) is 0 Å². The molecule has 2 aliphatic rings. The van der Waals surface area contributed by atoms with Gasteiger partial charge in [0.25, 0.3) is 0 Å². The van der Waals surface area contributed by atoms with E-state index >= 15 is 0 Å². The molecule has 0 aromatic heterocycles. The molecule has 2 heterocycles. The van der Waals surface area contributed by atoms with Crippen molar-refractivity contribution in [2.45, 2.75) is 25.6 Å². The fourth-order valence-electron chi connectivity index (χ4n) is 3.76. The van der Waals surface area contributed by atoms with Crippen LogP contribution in [0.4, 0.5) is 0 Å². The van der Waals surface area contributed by atoms with E-state index in [-0.39, 0.29) is 18.6 Å². The Hall–Kier alpha value is -2.60. The van der Waals surface area contributed by atoms with Crippen LogP contribution in [0.1, 0.15) is 30.9 Å². The second-order valence-corrected chi connectivity index (χ2v) is 6.75. The summed E-state index contributed by atoms with van der Waals surface area (Å²) in [5.74, 6) is 1.40. The molecule has 26 heavy (non-hydrogen) atoms. The van der Waals surface area contributed by atoms with Gasteiger partial charge in [0.15, 0.2) is 23.0 Å². The highest BCUT2D eigenvalue weighted by Gasteiger charge is 2.45. The number of hydrogen-bond donors (Lipinski definition) is 1. The SMILES string of the molecule is COc1cccc([C@@H]2c3cc4c(cc3O[C@@](C)(O)[C@@H]2C)OCO4)c1OC. The molecule has 0 saturated carbocycles. The van der Waals surface area contributed by atoms with Crippen LogP contribution >= 0.6 is 0 Å². The third-order valence-corrected chi connectivity index (χ3v) is 5.27. The highest BCUT2D eigenvalue weighted by Crippen LogP contribution is 2.53. The van der Waals surface area contributed by atoms with Crippen molar-refractivity contribution in [1.82, 2.24) is 0 Å². The Balaban J connectivity index is 1.94. The molecule has 0 saturated heterocycles. The molecule has 6 nitrogen and oxygen atoms in total. The first-order chi connectivity index (χ1) is 12.5. The van der Waals surface area contributed by atoms with Gasteiger partial charge in [0.2, 0.25) is 12.6 Å². The average molecular weight is 358 g/mol. The highest BCUT2D eigenvalue weighted by molar-refractivity contribution is 5.59. The van der Waals surface area contributed by atoms with E-state index in [1.165, 1.54) is 0 Å². The zero-order chi connectivity index (χ0) is 18.5. The molecular formula is C20H22O6.